The van der Waals surface area contributed by atoms with E-state index < -0.39 is 0 Å². The first kappa shape index (κ1) is 17.0. The lowest BCUT2D eigenvalue weighted by Gasteiger charge is -2.34. The molecular formula is C18H27N3O3. The molecule has 1 aromatic heterocycles. The Morgan fingerprint density at radius 2 is 2.08 bits per heavy atom. The lowest BCUT2D eigenvalue weighted by atomic mass is 9.93. The number of ether oxygens (including phenoxy) is 1. The first-order valence-electron chi connectivity index (χ1n) is 9.04. The number of hydrogen-bond donors (Lipinski definition) is 0. The lowest BCUT2D eigenvalue weighted by molar-refractivity contribution is -0.151. The van der Waals surface area contributed by atoms with E-state index in [4.69, 9.17) is 4.74 Å². The van der Waals surface area contributed by atoms with Crippen molar-refractivity contribution >= 4 is 11.9 Å². The minimum Gasteiger partial charge on any atom is -0.465 e. The maximum absolute atomic E-state index is 13.0. The Balaban J connectivity index is 1.67. The van der Waals surface area contributed by atoms with Crippen molar-refractivity contribution in [1.82, 2.24) is 14.7 Å². The van der Waals surface area contributed by atoms with Crippen LogP contribution in [0, 0.1) is 5.92 Å². The van der Waals surface area contributed by atoms with Crippen molar-refractivity contribution in [3.63, 3.8) is 0 Å². The highest BCUT2D eigenvalue weighted by Crippen LogP contribution is 2.48. The van der Waals surface area contributed by atoms with Crippen LogP contribution < -0.4 is 0 Å². The lowest BCUT2D eigenvalue weighted by Crippen LogP contribution is -2.45. The molecule has 2 aliphatic carbocycles. The fourth-order valence-corrected chi connectivity index (χ4v) is 3.81. The Labute approximate surface area is 143 Å². The van der Waals surface area contributed by atoms with Gasteiger partial charge in [-0.1, -0.05) is 19.3 Å². The van der Waals surface area contributed by atoms with Crippen molar-refractivity contribution < 1.29 is 14.3 Å². The third-order valence-electron chi connectivity index (χ3n) is 5.16. The summed E-state index contributed by atoms with van der Waals surface area (Å²) in [4.78, 5) is 26.8. The van der Waals surface area contributed by atoms with Crippen LogP contribution in [0.1, 0.15) is 56.9 Å². The molecule has 0 bridgehead atoms. The quantitative estimate of drug-likeness (QED) is 0.749. The molecule has 0 aliphatic heterocycles. The number of nitrogens with zero attached hydrogens (tertiary/aromatic N) is 3. The largest absolute Gasteiger partial charge is 0.465 e. The van der Waals surface area contributed by atoms with Crippen molar-refractivity contribution in [3.8, 4) is 0 Å². The minimum absolute atomic E-state index is 0.00875. The van der Waals surface area contributed by atoms with Gasteiger partial charge < -0.3 is 9.64 Å². The van der Waals surface area contributed by atoms with Gasteiger partial charge in [-0.25, -0.2) is 0 Å². The van der Waals surface area contributed by atoms with Gasteiger partial charge in [-0.15, -0.1) is 0 Å². The molecule has 6 nitrogen and oxygen atoms in total. The van der Waals surface area contributed by atoms with E-state index in [1.165, 1.54) is 6.42 Å². The molecular weight excluding hydrogens is 306 g/mol. The standard InChI is InChI=1S/C18H27N3O3/c1-3-24-17(22)12-21(14-7-5-4-6-8-14)18(23)16-9-15(16)13-10-19-20(2)11-13/h10-11,14-16H,3-9,12H2,1-2H3/t15-,16+/m0/s1. The SMILES string of the molecule is CCOC(=O)CN(C(=O)[C@@H]1C[C@H]1c1cnn(C)c1)C1CCCCC1. The molecule has 2 atom stereocenters. The van der Waals surface area contributed by atoms with Gasteiger partial charge in [0.15, 0.2) is 0 Å². The molecule has 24 heavy (non-hydrogen) atoms. The second-order valence-corrected chi connectivity index (χ2v) is 6.96. The van der Waals surface area contributed by atoms with Gasteiger partial charge >= 0.3 is 5.97 Å². The molecule has 3 rings (SSSR count). The zero-order valence-electron chi connectivity index (χ0n) is 14.6. The molecule has 2 saturated carbocycles. The fraction of sp³-hybridized carbons (Fsp3) is 0.722. The summed E-state index contributed by atoms with van der Waals surface area (Å²) in [7, 11) is 1.89. The van der Waals surface area contributed by atoms with Crippen LogP contribution in [0.3, 0.4) is 0 Å². The number of hydrogen-bond acceptors (Lipinski definition) is 4. The number of aryl methyl sites for hydroxylation is 1. The molecule has 2 fully saturated rings. The number of aromatic nitrogens is 2. The van der Waals surface area contributed by atoms with Crippen LogP contribution in [-0.4, -0.2) is 45.8 Å². The molecule has 1 aromatic rings. The maximum Gasteiger partial charge on any atom is 0.325 e. The molecule has 0 aromatic carbocycles. The number of carbonyl (C=O) groups is 2. The van der Waals surface area contributed by atoms with Crippen molar-refractivity contribution in [2.24, 2.45) is 13.0 Å². The number of amides is 1. The van der Waals surface area contributed by atoms with Gasteiger partial charge in [-0.2, -0.15) is 5.10 Å². The predicted molar refractivity (Wildman–Crippen MR) is 89.3 cm³/mol. The molecule has 0 spiro atoms. The summed E-state index contributed by atoms with van der Waals surface area (Å²) in [6.45, 7) is 2.24. The van der Waals surface area contributed by atoms with Crippen molar-refractivity contribution in [1.29, 1.82) is 0 Å². The van der Waals surface area contributed by atoms with E-state index in [1.54, 1.807) is 16.5 Å². The molecule has 1 amide bonds. The molecule has 2 aliphatic rings. The first-order chi connectivity index (χ1) is 11.6. The van der Waals surface area contributed by atoms with Gasteiger partial charge in [-0.05, 0) is 37.7 Å². The average Bonchev–Trinajstić information content (AvgIpc) is 3.27. The van der Waals surface area contributed by atoms with Crippen LogP contribution in [0.15, 0.2) is 12.4 Å². The van der Waals surface area contributed by atoms with Crippen LogP contribution in [0.2, 0.25) is 0 Å². The number of esters is 1. The van der Waals surface area contributed by atoms with E-state index in [1.807, 2.05) is 19.4 Å². The monoisotopic (exact) mass is 333 g/mol. The molecule has 132 valence electrons. The third kappa shape index (κ3) is 3.79. The van der Waals surface area contributed by atoms with Gasteiger partial charge in [-0.3, -0.25) is 14.3 Å². The van der Waals surface area contributed by atoms with Gasteiger partial charge in [0.05, 0.1) is 12.8 Å². The third-order valence-corrected chi connectivity index (χ3v) is 5.16. The van der Waals surface area contributed by atoms with Crippen molar-refractivity contribution in [2.75, 3.05) is 13.2 Å². The van der Waals surface area contributed by atoms with Crippen LogP contribution in [0.5, 0.6) is 0 Å². The predicted octanol–water partition coefficient (Wildman–Crippen LogP) is 2.25. The molecule has 6 heteroatoms. The Kier molecular flexibility index (Phi) is 5.21. The van der Waals surface area contributed by atoms with Gasteiger partial charge in [0.25, 0.3) is 0 Å². The summed E-state index contributed by atoms with van der Waals surface area (Å²) in [5.41, 5.74) is 1.12. The maximum atomic E-state index is 13.0. The molecule has 0 unspecified atom stereocenters. The second-order valence-electron chi connectivity index (χ2n) is 6.96. The molecule has 0 N–H and O–H groups in total. The van der Waals surface area contributed by atoms with Gasteiger partial charge in [0, 0.05) is 25.2 Å². The molecule has 1 heterocycles. The summed E-state index contributed by atoms with van der Waals surface area (Å²) in [5, 5.41) is 4.20. The van der Waals surface area contributed by atoms with Crippen LogP contribution in [0.25, 0.3) is 0 Å². The molecule has 0 saturated heterocycles. The summed E-state index contributed by atoms with van der Waals surface area (Å²) >= 11 is 0. The topological polar surface area (TPSA) is 64.4 Å². The Morgan fingerprint density at radius 3 is 2.71 bits per heavy atom. The highest BCUT2D eigenvalue weighted by atomic mass is 16.5. The Morgan fingerprint density at radius 1 is 1.33 bits per heavy atom. The highest BCUT2D eigenvalue weighted by Gasteiger charge is 2.47. The van der Waals surface area contributed by atoms with Crippen LogP contribution >= 0.6 is 0 Å². The zero-order valence-corrected chi connectivity index (χ0v) is 14.6. The summed E-state index contributed by atoms with van der Waals surface area (Å²) in [6, 6.07) is 0.186. The van der Waals surface area contributed by atoms with E-state index in [0.29, 0.717) is 6.61 Å². The first-order valence-corrected chi connectivity index (χ1v) is 9.04. The van der Waals surface area contributed by atoms with E-state index in [0.717, 1.165) is 37.7 Å². The van der Waals surface area contributed by atoms with E-state index in [-0.39, 0.29) is 36.3 Å². The average molecular weight is 333 g/mol. The normalized spacial score (nSPS) is 23.8. The smallest absolute Gasteiger partial charge is 0.325 e. The molecule has 0 radical (unpaired) electrons. The highest BCUT2D eigenvalue weighted by molar-refractivity contribution is 5.86. The van der Waals surface area contributed by atoms with Gasteiger partial charge in [0.2, 0.25) is 5.91 Å². The van der Waals surface area contributed by atoms with E-state index in [2.05, 4.69) is 5.10 Å². The minimum atomic E-state index is -0.296. The number of rotatable bonds is 6. The fourth-order valence-electron chi connectivity index (χ4n) is 3.81. The summed E-state index contributed by atoms with van der Waals surface area (Å²) in [6.07, 6.45) is 10.2. The van der Waals surface area contributed by atoms with Crippen molar-refractivity contribution in [3.05, 3.63) is 18.0 Å². The van der Waals surface area contributed by atoms with Crippen molar-refractivity contribution in [2.45, 2.75) is 57.4 Å². The van der Waals surface area contributed by atoms with Gasteiger partial charge in [0.1, 0.15) is 6.54 Å². The number of carbonyl (C=O) groups excluding carboxylic acids is 2. The Hall–Kier alpha value is -1.85. The van der Waals surface area contributed by atoms with E-state index >= 15 is 0 Å². The second kappa shape index (κ2) is 7.36. The summed E-state index contributed by atoms with van der Waals surface area (Å²) < 4.78 is 6.85. The van der Waals surface area contributed by atoms with Crippen LogP contribution in [0.4, 0.5) is 0 Å². The van der Waals surface area contributed by atoms with E-state index in [9.17, 15) is 9.59 Å². The zero-order chi connectivity index (χ0) is 17.1. The summed E-state index contributed by atoms with van der Waals surface area (Å²) in [5.74, 6) is 0.0591. The Bertz CT molecular complexity index is 592. The van der Waals surface area contributed by atoms with Crippen LogP contribution in [-0.2, 0) is 21.4 Å².